The third kappa shape index (κ3) is 3.07. The Morgan fingerprint density at radius 2 is 1.90 bits per heavy atom. The van der Waals surface area contributed by atoms with Gasteiger partial charge in [0.05, 0.1) is 5.41 Å². The number of carbonyl (C=O) groups excluding carboxylic acids is 1. The largest absolute Gasteiger partial charge is 0.481 e. The predicted molar refractivity (Wildman–Crippen MR) is 76.5 cm³/mol. The van der Waals surface area contributed by atoms with Crippen LogP contribution in [0.4, 0.5) is 4.79 Å². The maximum Gasteiger partial charge on any atom is 0.317 e. The molecule has 2 aliphatic rings. The number of nitrogens with zero attached hydrogens (tertiary/aromatic N) is 1. The lowest BCUT2D eigenvalue weighted by Gasteiger charge is -2.36. The van der Waals surface area contributed by atoms with Gasteiger partial charge in [0, 0.05) is 19.6 Å². The predicted octanol–water partition coefficient (Wildman–Crippen LogP) is 2.32. The highest BCUT2D eigenvalue weighted by molar-refractivity contribution is 5.78. The number of carbonyl (C=O) groups is 2. The van der Waals surface area contributed by atoms with E-state index < -0.39 is 11.4 Å². The molecule has 0 aromatic rings. The molecule has 2 unspecified atom stereocenters. The van der Waals surface area contributed by atoms with Gasteiger partial charge in [-0.05, 0) is 31.1 Å². The molecule has 0 aromatic heterocycles. The molecular weight excluding hydrogens is 256 g/mol. The van der Waals surface area contributed by atoms with Crippen LogP contribution in [0.25, 0.3) is 0 Å². The lowest BCUT2D eigenvalue weighted by Crippen LogP contribution is -2.50. The molecule has 2 rings (SSSR count). The van der Waals surface area contributed by atoms with Crippen LogP contribution in [0.5, 0.6) is 0 Å². The molecule has 1 aliphatic carbocycles. The van der Waals surface area contributed by atoms with E-state index in [9.17, 15) is 14.7 Å². The first-order valence-electron chi connectivity index (χ1n) is 7.71. The molecule has 2 fully saturated rings. The quantitative estimate of drug-likeness (QED) is 0.834. The molecule has 1 saturated carbocycles. The van der Waals surface area contributed by atoms with E-state index in [1.807, 2.05) is 4.90 Å². The van der Waals surface area contributed by atoms with Crippen molar-refractivity contribution in [1.29, 1.82) is 0 Å². The van der Waals surface area contributed by atoms with Crippen LogP contribution in [0, 0.1) is 17.3 Å². The molecule has 5 heteroatoms. The monoisotopic (exact) mass is 282 g/mol. The summed E-state index contributed by atoms with van der Waals surface area (Å²) in [6.45, 7) is 6.20. The van der Waals surface area contributed by atoms with Gasteiger partial charge in [-0.15, -0.1) is 0 Å². The second-order valence-corrected chi connectivity index (χ2v) is 6.64. The van der Waals surface area contributed by atoms with Gasteiger partial charge in [0.25, 0.3) is 0 Å². The lowest BCUT2D eigenvalue weighted by molar-refractivity contribution is -0.148. The summed E-state index contributed by atoms with van der Waals surface area (Å²) in [7, 11) is 0. The molecule has 20 heavy (non-hydrogen) atoms. The summed E-state index contributed by atoms with van der Waals surface area (Å²) in [5.74, 6) is 0.393. The van der Waals surface area contributed by atoms with Crippen LogP contribution in [0.15, 0.2) is 0 Å². The Morgan fingerprint density at radius 1 is 1.25 bits per heavy atom. The number of aliphatic carboxylic acids is 1. The lowest BCUT2D eigenvalue weighted by atomic mass is 9.86. The molecule has 0 radical (unpaired) electrons. The fourth-order valence-corrected chi connectivity index (χ4v) is 3.32. The van der Waals surface area contributed by atoms with E-state index in [1.54, 1.807) is 0 Å². The number of nitrogens with one attached hydrogen (secondary N) is 1. The van der Waals surface area contributed by atoms with Crippen molar-refractivity contribution >= 4 is 12.0 Å². The zero-order valence-electron chi connectivity index (χ0n) is 12.5. The van der Waals surface area contributed by atoms with Crippen molar-refractivity contribution in [1.82, 2.24) is 10.2 Å². The number of rotatable bonds is 3. The number of carboxylic acid groups (broad SMARTS) is 1. The number of piperidine rings is 1. The molecule has 0 spiro atoms. The van der Waals surface area contributed by atoms with Crippen molar-refractivity contribution in [2.24, 2.45) is 17.3 Å². The van der Waals surface area contributed by atoms with Crippen LogP contribution in [-0.2, 0) is 4.79 Å². The van der Waals surface area contributed by atoms with Crippen molar-refractivity contribution in [2.75, 3.05) is 19.6 Å². The van der Waals surface area contributed by atoms with Crippen molar-refractivity contribution < 1.29 is 14.7 Å². The number of amides is 2. The minimum absolute atomic E-state index is 0.101. The minimum Gasteiger partial charge on any atom is -0.481 e. The highest BCUT2D eigenvalue weighted by atomic mass is 16.4. The minimum atomic E-state index is -0.768. The molecule has 2 atom stereocenters. The molecule has 2 amide bonds. The second-order valence-electron chi connectivity index (χ2n) is 6.64. The van der Waals surface area contributed by atoms with E-state index in [0.717, 1.165) is 32.4 Å². The summed E-state index contributed by atoms with van der Waals surface area (Å²) in [6, 6.07) is -0.101. The van der Waals surface area contributed by atoms with E-state index in [4.69, 9.17) is 0 Å². The summed E-state index contributed by atoms with van der Waals surface area (Å²) in [5, 5.41) is 12.3. The Hall–Kier alpha value is -1.26. The van der Waals surface area contributed by atoms with Crippen LogP contribution in [0.1, 0.15) is 46.0 Å². The van der Waals surface area contributed by atoms with Crippen molar-refractivity contribution in [3.05, 3.63) is 0 Å². The van der Waals surface area contributed by atoms with E-state index in [-0.39, 0.29) is 12.6 Å². The first-order valence-corrected chi connectivity index (χ1v) is 7.71. The van der Waals surface area contributed by atoms with Gasteiger partial charge in [-0.3, -0.25) is 4.79 Å². The van der Waals surface area contributed by atoms with Crippen molar-refractivity contribution in [3.8, 4) is 0 Å². The second kappa shape index (κ2) is 6.02. The zero-order valence-corrected chi connectivity index (χ0v) is 12.5. The average molecular weight is 282 g/mol. The van der Waals surface area contributed by atoms with Gasteiger partial charge in [-0.2, -0.15) is 0 Å². The molecule has 114 valence electrons. The SMILES string of the molecule is CC1CCN(C(=O)NCC2(C(=O)O)CCCC2)CC1C. The Morgan fingerprint density at radius 3 is 2.45 bits per heavy atom. The van der Waals surface area contributed by atoms with Crippen molar-refractivity contribution in [3.63, 3.8) is 0 Å². The van der Waals surface area contributed by atoms with Gasteiger partial charge in [-0.25, -0.2) is 4.79 Å². The highest BCUT2D eigenvalue weighted by Crippen LogP contribution is 2.37. The third-order valence-electron chi connectivity index (χ3n) is 5.21. The van der Waals surface area contributed by atoms with Gasteiger partial charge in [0.1, 0.15) is 0 Å². The van der Waals surface area contributed by atoms with Crippen molar-refractivity contribution in [2.45, 2.75) is 46.0 Å². The Labute approximate surface area is 120 Å². The molecule has 1 saturated heterocycles. The maximum atomic E-state index is 12.2. The maximum absolute atomic E-state index is 12.2. The summed E-state index contributed by atoms with van der Waals surface area (Å²) < 4.78 is 0. The van der Waals surface area contributed by atoms with Gasteiger partial charge in [0.15, 0.2) is 0 Å². The number of likely N-dealkylation sites (tertiary alicyclic amines) is 1. The van der Waals surface area contributed by atoms with E-state index >= 15 is 0 Å². The Balaban J connectivity index is 1.87. The molecule has 1 aliphatic heterocycles. The van der Waals surface area contributed by atoms with Crippen LogP contribution in [0.2, 0.25) is 0 Å². The Kier molecular flexibility index (Phi) is 4.55. The molecule has 1 heterocycles. The fourth-order valence-electron chi connectivity index (χ4n) is 3.32. The summed E-state index contributed by atoms with van der Waals surface area (Å²) in [5.41, 5.74) is -0.732. The van der Waals surface area contributed by atoms with Gasteiger partial charge in [0.2, 0.25) is 0 Å². The number of urea groups is 1. The van der Waals surface area contributed by atoms with Gasteiger partial charge in [-0.1, -0.05) is 26.7 Å². The van der Waals surface area contributed by atoms with Crippen LogP contribution in [0.3, 0.4) is 0 Å². The molecule has 0 bridgehead atoms. The number of carboxylic acids is 1. The smallest absolute Gasteiger partial charge is 0.317 e. The third-order valence-corrected chi connectivity index (χ3v) is 5.21. The highest BCUT2D eigenvalue weighted by Gasteiger charge is 2.41. The molecule has 2 N–H and O–H groups in total. The van der Waals surface area contributed by atoms with E-state index in [1.165, 1.54) is 0 Å². The Bertz CT molecular complexity index is 377. The molecule has 5 nitrogen and oxygen atoms in total. The number of hydrogen-bond acceptors (Lipinski definition) is 2. The van der Waals surface area contributed by atoms with Gasteiger partial charge < -0.3 is 15.3 Å². The first kappa shape index (κ1) is 15.1. The summed E-state index contributed by atoms with van der Waals surface area (Å²) in [6.07, 6.45) is 4.27. The first-order chi connectivity index (χ1) is 9.44. The zero-order chi connectivity index (χ0) is 14.8. The number of hydrogen-bond donors (Lipinski definition) is 2. The normalized spacial score (nSPS) is 29.2. The molecule has 0 aromatic carbocycles. The van der Waals surface area contributed by atoms with Crippen LogP contribution in [-0.4, -0.2) is 41.6 Å². The molecular formula is C15H26N2O3. The van der Waals surface area contributed by atoms with Crippen LogP contribution >= 0.6 is 0 Å². The topological polar surface area (TPSA) is 69.6 Å². The van der Waals surface area contributed by atoms with Gasteiger partial charge >= 0.3 is 12.0 Å². The standard InChI is InChI=1S/C15H26N2O3/c1-11-5-8-17(9-12(11)2)14(20)16-10-15(13(18)19)6-3-4-7-15/h11-12H,3-10H2,1-2H3,(H,16,20)(H,18,19). The summed E-state index contributed by atoms with van der Waals surface area (Å²) >= 11 is 0. The van der Waals surface area contributed by atoms with E-state index in [2.05, 4.69) is 19.2 Å². The summed E-state index contributed by atoms with van der Waals surface area (Å²) in [4.78, 5) is 25.5. The van der Waals surface area contributed by atoms with E-state index in [0.29, 0.717) is 24.7 Å². The average Bonchev–Trinajstić information content (AvgIpc) is 2.89. The fraction of sp³-hybridized carbons (Fsp3) is 0.867. The van der Waals surface area contributed by atoms with Crippen LogP contribution < -0.4 is 5.32 Å².